The Morgan fingerprint density at radius 3 is 2.44 bits per heavy atom. The van der Waals surface area contributed by atoms with Gasteiger partial charge in [-0.3, -0.25) is 0 Å². The zero-order valence-corrected chi connectivity index (χ0v) is 14.6. The van der Waals surface area contributed by atoms with Gasteiger partial charge >= 0.3 is 0 Å². The number of nitrogens with zero attached hydrogens (tertiary/aromatic N) is 2. The molecule has 4 heteroatoms. The van der Waals surface area contributed by atoms with E-state index in [-0.39, 0.29) is 6.61 Å². The van der Waals surface area contributed by atoms with Crippen LogP contribution in [0.4, 0.5) is 11.4 Å². The summed E-state index contributed by atoms with van der Waals surface area (Å²) in [4.78, 5) is 0. The van der Waals surface area contributed by atoms with Crippen molar-refractivity contribution >= 4 is 11.4 Å². The van der Waals surface area contributed by atoms with Crippen LogP contribution >= 0.6 is 0 Å². The van der Waals surface area contributed by atoms with E-state index in [1.807, 2.05) is 49.4 Å². The third kappa shape index (κ3) is 6.40. The number of azo groups is 1. The lowest BCUT2D eigenvalue weighted by Gasteiger charge is -2.06. The number of rotatable bonds is 9. The Morgan fingerprint density at radius 1 is 1.00 bits per heavy atom. The fourth-order valence-electron chi connectivity index (χ4n) is 2.34. The number of aliphatic hydroxyl groups is 1. The van der Waals surface area contributed by atoms with Crippen LogP contribution in [0.25, 0.3) is 0 Å². The van der Waals surface area contributed by atoms with Gasteiger partial charge in [-0.1, -0.05) is 12.3 Å². The molecule has 4 nitrogen and oxygen atoms in total. The summed E-state index contributed by atoms with van der Waals surface area (Å²) in [6, 6.07) is 13.2. The molecule has 0 aliphatic heterocycles. The fourth-order valence-corrected chi connectivity index (χ4v) is 2.34. The standard InChI is InChI=1S/C21H24N2O2/c1-3-18-8-13-21(17(2)16-18)23-22-19-9-11-20(12-10-19)25-15-7-5-4-6-14-24/h1,8-13,16,24H,4-7,14-15H2,2H3. The highest BCUT2D eigenvalue weighted by molar-refractivity contribution is 5.51. The lowest BCUT2D eigenvalue weighted by molar-refractivity contribution is 0.273. The van der Waals surface area contributed by atoms with Crippen molar-refractivity contribution in [2.45, 2.75) is 32.6 Å². The first kappa shape index (κ1) is 18.7. The highest BCUT2D eigenvalue weighted by Gasteiger charge is 1.99. The zero-order chi connectivity index (χ0) is 17.9. The second-order valence-electron chi connectivity index (χ2n) is 5.83. The molecule has 0 bridgehead atoms. The van der Waals surface area contributed by atoms with Gasteiger partial charge in [0.25, 0.3) is 0 Å². The summed E-state index contributed by atoms with van der Waals surface area (Å²) in [5.74, 6) is 3.44. The molecule has 0 aliphatic carbocycles. The minimum Gasteiger partial charge on any atom is -0.494 e. The topological polar surface area (TPSA) is 54.2 Å². The summed E-state index contributed by atoms with van der Waals surface area (Å²) in [7, 11) is 0. The minimum atomic E-state index is 0.268. The quantitative estimate of drug-likeness (QED) is 0.382. The molecule has 0 atom stereocenters. The Labute approximate surface area is 149 Å². The second kappa shape index (κ2) is 10.3. The number of ether oxygens (including phenoxy) is 1. The molecule has 0 saturated heterocycles. The van der Waals surface area contributed by atoms with Crippen LogP contribution < -0.4 is 4.74 Å². The van der Waals surface area contributed by atoms with Crippen molar-refractivity contribution in [2.24, 2.45) is 10.2 Å². The van der Waals surface area contributed by atoms with E-state index in [0.717, 1.165) is 53.9 Å². The van der Waals surface area contributed by atoms with Crippen molar-refractivity contribution in [1.29, 1.82) is 0 Å². The summed E-state index contributed by atoms with van der Waals surface area (Å²) >= 11 is 0. The predicted octanol–water partition coefficient (Wildman–Crippen LogP) is 5.32. The molecule has 2 aromatic rings. The van der Waals surface area contributed by atoms with E-state index in [0.29, 0.717) is 6.61 Å². The Morgan fingerprint density at radius 2 is 1.76 bits per heavy atom. The summed E-state index contributed by atoms with van der Waals surface area (Å²) in [6.07, 6.45) is 9.36. The van der Waals surface area contributed by atoms with Gasteiger partial charge in [0.05, 0.1) is 18.0 Å². The van der Waals surface area contributed by atoms with Gasteiger partial charge in [0.1, 0.15) is 5.75 Å². The maximum atomic E-state index is 8.73. The highest BCUT2D eigenvalue weighted by atomic mass is 16.5. The fraction of sp³-hybridized carbons (Fsp3) is 0.333. The molecule has 0 aromatic heterocycles. The SMILES string of the molecule is C#Cc1ccc(N=Nc2ccc(OCCCCCCO)cc2)c(C)c1. The molecule has 0 spiro atoms. The molecule has 0 amide bonds. The Kier molecular flexibility index (Phi) is 7.68. The van der Waals surface area contributed by atoms with Gasteiger partial charge in [0, 0.05) is 12.2 Å². The van der Waals surface area contributed by atoms with Crippen LogP contribution in [0.5, 0.6) is 5.75 Å². The summed E-state index contributed by atoms with van der Waals surface area (Å²) in [5, 5.41) is 17.3. The summed E-state index contributed by atoms with van der Waals surface area (Å²) in [6.45, 7) is 2.92. The van der Waals surface area contributed by atoms with E-state index < -0.39 is 0 Å². The van der Waals surface area contributed by atoms with Gasteiger partial charge in [-0.25, -0.2) is 0 Å². The van der Waals surface area contributed by atoms with E-state index >= 15 is 0 Å². The van der Waals surface area contributed by atoms with Crippen molar-refractivity contribution < 1.29 is 9.84 Å². The van der Waals surface area contributed by atoms with E-state index in [1.54, 1.807) is 0 Å². The molecular formula is C21H24N2O2. The van der Waals surface area contributed by atoms with Crippen LogP contribution in [0, 0.1) is 19.3 Å². The van der Waals surface area contributed by atoms with Gasteiger partial charge < -0.3 is 9.84 Å². The van der Waals surface area contributed by atoms with Gasteiger partial charge in [-0.2, -0.15) is 10.2 Å². The number of terminal acetylenes is 1. The lowest BCUT2D eigenvalue weighted by atomic mass is 10.1. The van der Waals surface area contributed by atoms with Crippen molar-refractivity contribution in [3.8, 4) is 18.1 Å². The summed E-state index contributed by atoms with van der Waals surface area (Å²) < 4.78 is 5.70. The normalized spacial score (nSPS) is 10.8. The molecule has 0 unspecified atom stereocenters. The van der Waals surface area contributed by atoms with E-state index in [9.17, 15) is 0 Å². The molecule has 2 aromatic carbocycles. The lowest BCUT2D eigenvalue weighted by Crippen LogP contribution is -1.97. The molecule has 0 fully saturated rings. The maximum absolute atomic E-state index is 8.73. The van der Waals surface area contributed by atoms with Crippen LogP contribution in [0.1, 0.15) is 36.8 Å². The smallest absolute Gasteiger partial charge is 0.119 e. The second-order valence-corrected chi connectivity index (χ2v) is 5.83. The monoisotopic (exact) mass is 336 g/mol. The highest BCUT2D eigenvalue weighted by Crippen LogP contribution is 2.24. The van der Waals surface area contributed by atoms with Crippen LogP contribution in [0.2, 0.25) is 0 Å². The van der Waals surface area contributed by atoms with Crippen molar-refractivity contribution in [3.05, 3.63) is 53.6 Å². The van der Waals surface area contributed by atoms with Crippen molar-refractivity contribution in [1.82, 2.24) is 0 Å². The first-order chi connectivity index (χ1) is 12.2. The zero-order valence-electron chi connectivity index (χ0n) is 14.6. The molecule has 0 saturated carbocycles. The Bertz CT molecular complexity index is 731. The van der Waals surface area contributed by atoms with Crippen LogP contribution in [-0.2, 0) is 0 Å². The van der Waals surface area contributed by atoms with Crippen LogP contribution in [0.15, 0.2) is 52.7 Å². The Hall–Kier alpha value is -2.64. The maximum Gasteiger partial charge on any atom is 0.119 e. The number of hydrogen-bond donors (Lipinski definition) is 1. The number of aryl methyl sites for hydroxylation is 1. The average Bonchev–Trinajstić information content (AvgIpc) is 2.64. The number of aliphatic hydroxyl groups excluding tert-OH is 1. The van der Waals surface area contributed by atoms with Crippen molar-refractivity contribution in [2.75, 3.05) is 13.2 Å². The molecular weight excluding hydrogens is 312 g/mol. The first-order valence-corrected chi connectivity index (χ1v) is 8.55. The van der Waals surface area contributed by atoms with Crippen LogP contribution in [-0.4, -0.2) is 18.3 Å². The van der Waals surface area contributed by atoms with Crippen LogP contribution in [0.3, 0.4) is 0 Å². The molecule has 1 N–H and O–H groups in total. The molecule has 0 heterocycles. The molecule has 2 rings (SSSR count). The predicted molar refractivity (Wildman–Crippen MR) is 101 cm³/mol. The van der Waals surface area contributed by atoms with E-state index in [2.05, 4.69) is 16.1 Å². The van der Waals surface area contributed by atoms with E-state index in [4.69, 9.17) is 16.3 Å². The number of unbranched alkanes of at least 4 members (excludes halogenated alkanes) is 3. The minimum absolute atomic E-state index is 0.268. The molecule has 0 aliphatic rings. The third-order valence-electron chi connectivity index (χ3n) is 3.79. The van der Waals surface area contributed by atoms with Gasteiger partial charge in [-0.15, -0.1) is 6.42 Å². The molecule has 25 heavy (non-hydrogen) atoms. The van der Waals surface area contributed by atoms with Gasteiger partial charge in [0.2, 0.25) is 0 Å². The number of hydrogen-bond acceptors (Lipinski definition) is 4. The summed E-state index contributed by atoms with van der Waals surface area (Å²) in [5.41, 5.74) is 3.42. The van der Waals surface area contributed by atoms with Gasteiger partial charge in [0.15, 0.2) is 0 Å². The number of benzene rings is 2. The van der Waals surface area contributed by atoms with Gasteiger partial charge in [-0.05, 0) is 74.2 Å². The molecule has 130 valence electrons. The molecule has 0 radical (unpaired) electrons. The third-order valence-corrected chi connectivity index (χ3v) is 3.79. The average molecular weight is 336 g/mol. The largest absolute Gasteiger partial charge is 0.494 e. The first-order valence-electron chi connectivity index (χ1n) is 8.55. The van der Waals surface area contributed by atoms with Crippen molar-refractivity contribution in [3.63, 3.8) is 0 Å². The van der Waals surface area contributed by atoms with E-state index in [1.165, 1.54) is 0 Å². The Balaban J connectivity index is 1.85.